The molecule has 2 unspecified atom stereocenters. The van der Waals surface area contributed by atoms with Crippen LogP contribution in [-0.4, -0.2) is 29.0 Å². The Hall–Kier alpha value is -1.07. The summed E-state index contributed by atoms with van der Waals surface area (Å²) in [6.45, 7) is 3.25. The fourth-order valence-electron chi connectivity index (χ4n) is 2.41. The Labute approximate surface area is 118 Å². The Bertz CT molecular complexity index is 422. The van der Waals surface area contributed by atoms with Gasteiger partial charge >= 0.3 is 0 Å². The molecule has 1 saturated heterocycles. The van der Waals surface area contributed by atoms with Crippen molar-refractivity contribution in [2.75, 3.05) is 18.1 Å². The fourth-order valence-corrected chi connectivity index (χ4v) is 3.84. The van der Waals surface area contributed by atoms with Crippen molar-refractivity contribution in [2.45, 2.75) is 25.8 Å². The molecule has 4 nitrogen and oxygen atoms in total. The number of benzene rings is 1. The zero-order chi connectivity index (χ0) is 13.7. The van der Waals surface area contributed by atoms with Crippen LogP contribution in [0.5, 0.6) is 0 Å². The minimum absolute atomic E-state index is 0.171. The molecule has 0 bridgehead atoms. The Balaban J connectivity index is 1.94. The Morgan fingerprint density at radius 2 is 2.11 bits per heavy atom. The standard InChI is InChI=1S/C14H20N2O2S/c1-2-7-15-14-10-19-9-12(14)8-11-3-5-13(6-4-11)16(17)18/h3-6,12,14-15H,2,7-10H2,1H3. The van der Waals surface area contributed by atoms with E-state index in [1.54, 1.807) is 12.1 Å². The van der Waals surface area contributed by atoms with Crippen molar-refractivity contribution < 1.29 is 4.92 Å². The van der Waals surface area contributed by atoms with Gasteiger partial charge in [0.1, 0.15) is 0 Å². The van der Waals surface area contributed by atoms with Crippen molar-refractivity contribution in [3.05, 3.63) is 39.9 Å². The summed E-state index contributed by atoms with van der Waals surface area (Å²) in [5, 5.41) is 14.2. The second-order valence-corrected chi connectivity index (χ2v) is 6.06. The summed E-state index contributed by atoms with van der Waals surface area (Å²) in [6, 6.07) is 7.56. The highest BCUT2D eigenvalue weighted by molar-refractivity contribution is 7.99. The first-order chi connectivity index (χ1) is 9.20. The lowest BCUT2D eigenvalue weighted by molar-refractivity contribution is -0.384. The molecule has 0 saturated carbocycles. The second kappa shape index (κ2) is 6.91. The third kappa shape index (κ3) is 3.94. The van der Waals surface area contributed by atoms with Crippen LogP contribution in [0.1, 0.15) is 18.9 Å². The molecule has 1 N–H and O–H groups in total. The van der Waals surface area contributed by atoms with E-state index in [9.17, 15) is 10.1 Å². The van der Waals surface area contributed by atoms with Gasteiger partial charge in [-0.2, -0.15) is 11.8 Å². The van der Waals surface area contributed by atoms with E-state index < -0.39 is 0 Å². The summed E-state index contributed by atoms with van der Waals surface area (Å²) in [5.41, 5.74) is 1.37. The van der Waals surface area contributed by atoms with Gasteiger partial charge in [0.2, 0.25) is 0 Å². The maximum Gasteiger partial charge on any atom is 0.269 e. The Kier molecular flexibility index (Phi) is 5.22. The molecule has 1 aromatic rings. The molecular weight excluding hydrogens is 260 g/mol. The van der Waals surface area contributed by atoms with Gasteiger partial charge in [0.05, 0.1) is 4.92 Å². The average Bonchev–Trinajstić information content (AvgIpc) is 2.84. The van der Waals surface area contributed by atoms with Crippen LogP contribution in [0.3, 0.4) is 0 Å². The number of nitro groups is 1. The highest BCUT2D eigenvalue weighted by Gasteiger charge is 2.27. The highest BCUT2D eigenvalue weighted by Crippen LogP contribution is 2.28. The van der Waals surface area contributed by atoms with Gasteiger partial charge in [-0.1, -0.05) is 19.1 Å². The predicted molar refractivity (Wildman–Crippen MR) is 79.7 cm³/mol. The molecule has 0 aliphatic carbocycles. The molecule has 19 heavy (non-hydrogen) atoms. The van der Waals surface area contributed by atoms with Gasteiger partial charge in [-0.15, -0.1) is 0 Å². The lowest BCUT2D eigenvalue weighted by atomic mass is 9.95. The summed E-state index contributed by atoms with van der Waals surface area (Å²) in [7, 11) is 0. The molecule has 2 rings (SSSR count). The fraction of sp³-hybridized carbons (Fsp3) is 0.571. The van der Waals surface area contributed by atoms with Crippen LogP contribution in [0.4, 0.5) is 5.69 Å². The van der Waals surface area contributed by atoms with Crippen molar-refractivity contribution in [3.8, 4) is 0 Å². The smallest absolute Gasteiger partial charge is 0.269 e. The van der Waals surface area contributed by atoms with Crippen LogP contribution in [0.25, 0.3) is 0 Å². The number of nitrogens with zero attached hydrogens (tertiary/aromatic N) is 1. The van der Waals surface area contributed by atoms with Gasteiger partial charge in [0, 0.05) is 23.9 Å². The van der Waals surface area contributed by atoms with Gasteiger partial charge in [-0.3, -0.25) is 10.1 Å². The van der Waals surface area contributed by atoms with E-state index in [0.717, 1.165) is 19.4 Å². The van der Waals surface area contributed by atoms with Gasteiger partial charge in [-0.05, 0) is 36.6 Å². The predicted octanol–water partition coefficient (Wildman–Crippen LogP) is 2.87. The SMILES string of the molecule is CCCNC1CSCC1Cc1ccc([N+](=O)[O-])cc1. The Morgan fingerprint density at radius 3 is 2.74 bits per heavy atom. The molecule has 1 aromatic carbocycles. The van der Waals surface area contributed by atoms with Gasteiger partial charge in [-0.25, -0.2) is 0 Å². The molecule has 0 amide bonds. The van der Waals surface area contributed by atoms with E-state index in [-0.39, 0.29) is 10.6 Å². The lowest BCUT2D eigenvalue weighted by Crippen LogP contribution is -2.36. The Morgan fingerprint density at radius 1 is 1.37 bits per heavy atom. The first-order valence-electron chi connectivity index (χ1n) is 6.75. The molecule has 5 heteroatoms. The summed E-state index contributed by atoms with van der Waals surface area (Å²) in [6.07, 6.45) is 2.16. The number of thioether (sulfide) groups is 1. The van der Waals surface area contributed by atoms with Gasteiger partial charge < -0.3 is 5.32 Å². The van der Waals surface area contributed by atoms with Crippen molar-refractivity contribution in [1.82, 2.24) is 5.32 Å². The number of hydrogen-bond donors (Lipinski definition) is 1. The summed E-state index contributed by atoms with van der Waals surface area (Å²) >= 11 is 2.00. The number of hydrogen-bond acceptors (Lipinski definition) is 4. The second-order valence-electron chi connectivity index (χ2n) is 4.99. The third-order valence-corrected chi connectivity index (χ3v) is 4.76. The first-order valence-corrected chi connectivity index (χ1v) is 7.90. The number of nitrogens with one attached hydrogen (secondary N) is 1. The zero-order valence-corrected chi connectivity index (χ0v) is 12.0. The van der Waals surface area contributed by atoms with Crippen LogP contribution in [0, 0.1) is 16.0 Å². The molecule has 1 fully saturated rings. The van der Waals surface area contributed by atoms with Crippen molar-refractivity contribution in [1.29, 1.82) is 0 Å². The zero-order valence-electron chi connectivity index (χ0n) is 11.2. The van der Waals surface area contributed by atoms with Crippen molar-refractivity contribution in [2.24, 2.45) is 5.92 Å². The number of rotatable bonds is 6. The molecule has 1 heterocycles. The van der Waals surface area contributed by atoms with Crippen molar-refractivity contribution >= 4 is 17.4 Å². The van der Waals surface area contributed by atoms with E-state index in [1.807, 2.05) is 23.9 Å². The quantitative estimate of drug-likeness (QED) is 0.643. The van der Waals surface area contributed by atoms with Crippen LogP contribution < -0.4 is 5.32 Å². The minimum Gasteiger partial charge on any atom is -0.313 e. The van der Waals surface area contributed by atoms with Crippen LogP contribution >= 0.6 is 11.8 Å². The minimum atomic E-state index is -0.346. The van der Waals surface area contributed by atoms with Gasteiger partial charge in [0.15, 0.2) is 0 Å². The summed E-state index contributed by atoms with van der Waals surface area (Å²) in [5.74, 6) is 2.99. The summed E-state index contributed by atoms with van der Waals surface area (Å²) < 4.78 is 0. The largest absolute Gasteiger partial charge is 0.313 e. The van der Waals surface area contributed by atoms with E-state index in [1.165, 1.54) is 17.1 Å². The monoisotopic (exact) mass is 280 g/mol. The molecule has 1 aliphatic rings. The molecule has 0 aromatic heterocycles. The van der Waals surface area contributed by atoms with Crippen LogP contribution in [0.15, 0.2) is 24.3 Å². The maximum absolute atomic E-state index is 10.6. The van der Waals surface area contributed by atoms with E-state index in [4.69, 9.17) is 0 Å². The topological polar surface area (TPSA) is 55.2 Å². The molecule has 2 atom stereocenters. The van der Waals surface area contributed by atoms with Crippen LogP contribution in [-0.2, 0) is 6.42 Å². The number of nitro benzene ring substituents is 1. The van der Waals surface area contributed by atoms with Crippen molar-refractivity contribution in [3.63, 3.8) is 0 Å². The first kappa shape index (κ1) is 14.3. The highest BCUT2D eigenvalue weighted by atomic mass is 32.2. The molecule has 104 valence electrons. The molecule has 0 radical (unpaired) electrons. The molecule has 1 aliphatic heterocycles. The molecular formula is C14H20N2O2S. The van der Waals surface area contributed by atoms with E-state index in [0.29, 0.717) is 12.0 Å². The third-order valence-electron chi connectivity index (χ3n) is 3.50. The maximum atomic E-state index is 10.6. The van der Waals surface area contributed by atoms with E-state index in [2.05, 4.69) is 12.2 Å². The summed E-state index contributed by atoms with van der Waals surface area (Å²) in [4.78, 5) is 10.3. The average molecular weight is 280 g/mol. The van der Waals surface area contributed by atoms with Gasteiger partial charge in [0.25, 0.3) is 5.69 Å². The normalized spacial score (nSPS) is 22.6. The molecule has 0 spiro atoms. The lowest BCUT2D eigenvalue weighted by Gasteiger charge is -2.20. The van der Waals surface area contributed by atoms with Crippen LogP contribution in [0.2, 0.25) is 0 Å². The number of non-ortho nitro benzene ring substituents is 1. The van der Waals surface area contributed by atoms with E-state index >= 15 is 0 Å².